The van der Waals surface area contributed by atoms with Gasteiger partial charge in [-0.3, -0.25) is 4.98 Å². The number of ether oxygens (including phenoxy) is 1. The van der Waals surface area contributed by atoms with Crippen molar-refractivity contribution < 1.29 is 4.74 Å². The van der Waals surface area contributed by atoms with E-state index >= 15 is 0 Å². The van der Waals surface area contributed by atoms with Crippen LogP contribution in [0.3, 0.4) is 0 Å². The second-order valence-electron chi connectivity index (χ2n) is 8.58. The number of hydrogen-bond acceptors (Lipinski definition) is 10. The zero-order valence-electron chi connectivity index (χ0n) is 19.6. The zero-order chi connectivity index (χ0) is 23.7. The summed E-state index contributed by atoms with van der Waals surface area (Å²) >= 11 is 1.58. The van der Waals surface area contributed by atoms with Crippen molar-refractivity contribution in [1.82, 2.24) is 24.8 Å². The average molecular weight is 477 g/mol. The fourth-order valence-corrected chi connectivity index (χ4v) is 4.96. The number of nitrogens with two attached hydrogens (primary N) is 1. The van der Waals surface area contributed by atoms with E-state index in [0.717, 1.165) is 76.4 Å². The summed E-state index contributed by atoms with van der Waals surface area (Å²) in [7, 11) is 4.11. The highest BCUT2D eigenvalue weighted by Gasteiger charge is 2.17. The van der Waals surface area contributed by atoms with E-state index in [1.807, 2.05) is 31.5 Å². The lowest BCUT2D eigenvalue weighted by molar-refractivity contribution is 0.122. The maximum absolute atomic E-state index is 6.04. The summed E-state index contributed by atoms with van der Waals surface area (Å²) < 4.78 is 6.52. The Morgan fingerprint density at radius 3 is 2.74 bits per heavy atom. The van der Waals surface area contributed by atoms with Crippen molar-refractivity contribution in [2.75, 3.05) is 56.3 Å². The fraction of sp³-hybridized carbons (Fsp3) is 0.333. The molecule has 176 valence electrons. The lowest BCUT2D eigenvalue weighted by Crippen LogP contribution is -2.37. The van der Waals surface area contributed by atoms with Crippen LogP contribution in [0.15, 0.2) is 36.8 Å². The molecule has 34 heavy (non-hydrogen) atoms. The summed E-state index contributed by atoms with van der Waals surface area (Å²) in [6, 6.07) is 6.09. The molecule has 0 saturated carbocycles. The van der Waals surface area contributed by atoms with Crippen molar-refractivity contribution >= 4 is 44.6 Å². The molecule has 1 fully saturated rings. The number of fused-ring (bicyclic) bond motifs is 1. The molecule has 1 saturated heterocycles. The smallest absolute Gasteiger partial charge is 0.133 e. The van der Waals surface area contributed by atoms with Gasteiger partial charge in [0.15, 0.2) is 0 Å². The van der Waals surface area contributed by atoms with Gasteiger partial charge in [-0.05, 0) is 38.7 Å². The first kappa shape index (κ1) is 22.5. The molecular formula is C24H28N8OS. The molecule has 0 aromatic carbocycles. The molecule has 0 radical (unpaired) electrons. The SMILES string of the molecule is Cc1c(N)cncc1-c1nc2cc(Nc3ccc(N4CCOCC4)c(CN(C)C)n3)ncc2s1. The highest BCUT2D eigenvalue weighted by Crippen LogP contribution is 2.34. The minimum Gasteiger partial charge on any atom is -0.397 e. The van der Waals surface area contributed by atoms with Crippen LogP contribution in [0.5, 0.6) is 0 Å². The van der Waals surface area contributed by atoms with Crippen LogP contribution in [-0.4, -0.2) is 65.2 Å². The maximum atomic E-state index is 6.04. The Morgan fingerprint density at radius 1 is 1.12 bits per heavy atom. The van der Waals surface area contributed by atoms with E-state index in [4.69, 9.17) is 20.4 Å². The minimum atomic E-state index is 0.664. The molecular weight excluding hydrogens is 448 g/mol. The zero-order valence-corrected chi connectivity index (χ0v) is 20.4. The van der Waals surface area contributed by atoms with E-state index in [1.54, 1.807) is 17.5 Å². The highest BCUT2D eigenvalue weighted by molar-refractivity contribution is 7.21. The van der Waals surface area contributed by atoms with Gasteiger partial charge in [0.25, 0.3) is 0 Å². The third-order valence-corrected chi connectivity index (χ3v) is 6.82. The quantitative estimate of drug-likeness (QED) is 0.431. The Hall–Kier alpha value is -3.34. The van der Waals surface area contributed by atoms with Gasteiger partial charge in [-0.15, -0.1) is 11.3 Å². The van der Waals surface area contributed by atoms with Crippen molar-refractivity contribution in [3.8, 4) is 10.6 Å². The van der Waals surface area contributed by atoms with E-state index in [0.29, 0.717) is 11.5 Å². The van der Waals surface area contributed by atoms with Crippen LogP contribution in [0.1, 0.15) is 11.3 Å². The maximum Gasteiger partial charge on any atom is 0.133 e. The predicted molar refractivity (Wildman–Crippen MR) is 138 cm³/mol. The number of hydrogen-bond donors (Lipinski definition) is 2. The first-order chi connectivity index (χ1) is 16.5. The summed E-state index contributed by atoms with van der Waals surface area (Å²) in [5.41, 5.74) is 11.7. The molecule has 4 aromatic rings. The second kappa shape index (κ2) is 9.49. The molecule has 0 spiro atoms. The molecule has 0 amide bonds. The molecule has 5 rings (SSSR count). The summed E-state index contributed by atoms with van der Waals surface area (Å²) in [5, 5.41) is 4.24. The molecule has 5 heterocycles. The van der Waals surface area contributed by atoms with Gasteiger partial charge in [0.2, 0.25) is 0 Å². The van der Waals surface area contributed by atoms with Crippen LogP contribution >= 0.6 is 11.3 Å². The molecule has 1 aliphatic rings. The van der Waals surface area contributed by atoms with Crippen LogP contribution in [0.4, 0.5) is 23.0 Å². The van der Waals surface area contributed by atoms with E-state index in [-0.39, 0.29) is 0 Å². The number of thiazole rings is 1. The normalized spacial score (nSPS) is 14.2. The third kappa shape index (κ3) is 4.65. The topological polar surface area (TPSA) is 105 Å². The number of anilines is 4. The largest absolute Gasteiger partial charge is 0.397 e. The molecule has 10 heteroatoms. The van der Waals surface area contributed by atoms with Crippen molar-refractivity contribution in [3.63, 3.8) is 0 Å². The number of nitrogens with one attached hydrogen (secondary N) is 1. The molecule has 3 N–H and O–H groups in total. The summed E-state index contributed by atoms with van der Waals surface area (Å²) in [6.45, 7) is 5.97. The van der Waals surface area contributed by atoms with E-state index in [1.165, 1.54) is 0 Å². The Labute approximate surface area is 202 Å². The molecule has 4 aromatic heterocycles. The van der Waals surface area contributed by atoms with E-state index in [2.05, 4.69) is 45.2 Å². The van der Waals surface area contributed by atoms with Crippen LogP contribution in [-0.2, 0) is 11.3 Å². The van der Waals surface area contributed by atoms with Gasteiger partial charge < -0.3 is 25.6 Å². The lowest BCUT2D eigenvalue weighted by Gasteiger charge is -2.31. The van der Waals surface area contributed by atoms with Gasteiger partial charge in [-0.25, -0.2) is 15.0 Å². The Bertz CT molecular complexity index is 1320. The monoisotopic (exact) mass is 476 g/mol. The number of nitrogens with zero attached hydrogens (tertiary/aromatic N) is 6. The van der Waals surface area contributed by atoms with Crippen molar-refractivity contribution in [2.24, 2.45) is 0 Å². The standard InChI is InChI=1S/C24H28N8OS/c1-15-16(11-26-12-17(15)25)24-29-18-10-23(27-13-21(18)34-24)30-22-5-4-20(19(28-22)14-31(2)3)32-6-8-33-9-7-32/h4-5,10-13H,6-9,14,25H2,1-3H3,(H,27,28,30). The van der Waals surface area contributed by atoms with Gasteiger partial charge in [0.1, 0.15) is 16.6 Å². The van der Waals surface area contributed by atoms with Crippen LogP contribution in [0, 0.1) is 6.92 Å². The van der Waals surface area contributed by atoms with Gasteiger partial charge in [-0.2, -0.15) is 0 Å². The molecule has 9 nitrogen and oxygen atoms in total. The molecule has 1 aliphatic heterocycles. The summed E-state index contributed by atoms with van der Waals surface area (Å²) in [4.78, 5) is 23.0. The second-order valence-corrected chi connectivity index (χ2v) is 9.61. The minimum absolute atomic E-state index is 0.664. The molecule has 0 bridgehead atoms. The number of aromatic nitrogens is 4. The van der Waals surface area contributed by atoms with Crippen LogP contribution in [0.2, 0.25) is 0 Å². The number of nitrogen functional groups attached to an aromatic ring is 1. The van der Waals surface area contributed by atoms with Gasteiger partial charge in [0.05, 0.1) is 46.7 Å². The third-order valence-electron chi connectivity index (χ3n) is 5.78. The first-order valence-electron chi connectivity index (χ1n) is 11.2. The predicted octanol–water partition coefficient (Wildman–Crippen LogP) is 3.68. The van der Waals surface area contributed by atoms with Gasteiger partial charge in [0, 0.05) is 43.7 Å². The Morgan fingerprint density at radius 2 is 1.94 bits per heavy atom. The number of rotatable bonds is 6. The van der Waals surface area contributed by atoms with E-state index in [9.17, 15) is 0 Å². The van der Waals surface area contributed by atoms with Crippen molar-refractivity contribution in [2.45, 2.75) is 13.5 Å². The lowest BCUT2D eigenvalue weighted by atomic mass is 10.1. The van der Waals surface area contributed by atoms with E-state index < -0.39 is 0 Å². The Kier molecular flexibility index (Phi) is 6.27. The van der Waals surface area contributed by atoms with Gasteiger partial charge >= 0.3 is 0 Å². The van der Waals surface area contributed by atoms with Crippen LogP contribution in [0.25, 0.3) is 20.8 Å². The Balaban J connectivity index is 1.42. The average Bonchev–Trinajstić information content (AvgIpc) is 3.24. The van der Waals surface area contributed by atoms with Crippen molar-refractivity contribution in [3.05, 3.63) is 48.0 Å². The number of morpholine rings is 1. The van der Waals surface area contributed by atoms with Crippen LogP contribution < -0.4 is 16.0 Å². The molecule has 0 atom stereocenters. The number of pyridine rings is 3. The summed E-state index contributed by atoms with van der Waals surface area (Å²) in [5.74, 6) is 1.46. The van der Waals surface area contributed by atoms with Crippen molar-refractivity contribution in [1.29, 1.82) is 0 Å². The fourth-order valence-electron chi connectivity index (χ4n) is 3.98. The summed E-state index contributed by atoms with van der Waals surface area (Å²) in [6.07, 6.45) is 5.32. The first-order valence-corrected chi connectivity index (χ1v) is 12.0. The molecule has 0 unspecified atom stereocenters. The highest BCUT2D eigenvalue weighted by atomic mass is 32.1. The molecule has 0 aliphatic carbocycles. The van der Waals surface area contributed by atoms with Gasteiger partial charge in [-0.1, -0.05) is 0 Å².